The zero-order chi connectivity index (χ0) is 35.5. The Morgan fingerprint density at radius 2 is 1.74 bits per heavy atom. The molecule has 2 amide bonds. The summed E-state index contributed by atoms with van der Waals surface area (Å²) in [6.45, 7) is 16.9. The van der Waals surface area contributed by atoms with E-state index < -0.39 is 0 Å². The van der Waals surface area contributed by atoms with Crippen LogP contribution in [0.15, 0.2) is 54.7 Å². The first-order chi connectivity index (χ1) is 23.8. The molecule has 1 aromatic carbocycles. The second-order valence-electron chi connectivity index (χ2n) is 15.5. The number of fused-ring (bicyclic) bond motifs is 2. The number of rotatable bonds is 9. The van der Waals surface area contributed by atoms with E-state index in [1.165, 1.54) is 0 Å². The minimum atomic E-state index is -0.364. The Balaban J connectivity index is 1.13. The van der Waals surface area contributed by atoms with Crippen molar-refractivity contribution in [1.29, 1.82) is 0 Å². The molecule has 2 atom stereocenters. The topological polar surface area (TPSA) is 123 Å². The molecule has 1 fully saturated rings. The van der Waals surface area contributed by atoms with Gasteiger partial charge in [0.15, 0.2) is 11.4 Å². The van der Waals surface area contributed by atoms with E-state index in [9.17, 15) is 9.59 Å². The zero-order valence-electron chi connectivity index (χ0n) is 30.3. The summed E-state index contributed by atoms with van der Waals surface area (Å²) < 4.78 is 14.1. The molecular weight excluding hydrogens is 630 g/mol. The van der Waals surface area contributed by atoms with Crippen LogP contribution in [0.25, 0.3) is 5.65 Å². The number of aromatic nitrogens is 4. The summed E-state index contributed by atoms with van der Waals surface area (Å²) in [7, 11) is 0. The molecule has 2 N–H and O–H groups in total. The number of urea groups is 1. The number of pyridine rings is 2. The van der Waals surface area contributed by atoms with Gasteiger partial charge in [-0.25, -0.2) is 9.78 Å². The summed E-state index contributed by atoms with van der Waals surface area (Å²) in [4.78, 5) is 33.8. The van der Waals surface area contributed by atoms with E-state index in [1.807, 2.05) is 53.1 Å². The maximum absolute atomic E-state index is 13.5. The van der Waals surface area contributed by atoms with E-state index in [2.05, 4.69) is 78.3 Å². The largest absolute Gasteiger partial charge is 0.484 e. The van der Waals surface area contributed by atoms with E-state index in [-0.39, 0.29) is 34.8 Å². The van der Waals surface area contributed by atoms with Gasteiger partial charge in [0.25, 0.3) is 0 Å². The SMILES string of the molecule is CC(C)(C)c1cc(NC(=O)N[C@H]2CC[C@@H](Oc3ccc4nnc(C(C)(C)C)n4c3)c3ccccc32)nc(C(=O)CCCN2CCCOCC2)c1. The van der Waals surface area contributed by atoms with Crippen LogP contribution in [0, 0.1) is 0 Å². The standard InChI is InChI=1S/C39H51N7O4/c1-38(2,3)26-23-31(32(47)13-9-18-45-19-10-21-49-22-20-45)40-34(24-26)42-37(48)41-30-15-16-33(29-12-8-7-11-28(29)30)50-27-14-17-35-43-44-36(39(4,5)6)46(35)25-27/h7-8,11-12,14,17,23-25,30,33H,9-10,13,15-16,18-22H2,1-6H3,(H2,40,41,42,48)/t30-,33+/m0/s1. The number of amides is 2. The van der Waals surface area contributed by atoms with Crippen LogP contribution >= 0.6 is 0 Å². The highest BCUT2D eigenvalue weighted by Gasteiger charge is 2.30. The molecular formula is C39H51N7O4. The van der Waals surface area contributed by atoms with Gasteiger partial charge in [0.2, 0.25) is 0 Å². The minimum Gasteiger partial charge on any atom is -0.484 e. The Bertz CT molecular complexity index is 1820. The van der Waals surface area contributed by atoms with Crippen molar-refractivity contribution in [3.05, 3.63) is 82.9 Å². The van der Waals surface area contributed by atoms with E-state index in [4.69, 9.17) is 9.47 Å². The average Bonchev–Trinajstić information content (AvgIpc) is 3.33. The highest BCUT2D eigenvalue weighted by Crippen LogP contribution is 2.39. The van der Waals surface area contributed by atoms with Crippen LogP contribution in [-0.2, 0) is 15.6 Å². The molecule has 2 aliphatic rings. The van der Waals surface area contributed by atoms with Gasteiger partial charge in [0.1, 0.15) is 29.2 Å². The number of nitrogens with one attached hydrogen (secondary N) is 2. The second kappa shape index (κ2) is 14.9. The third kappa shape index (κ3) is 8.50. The lowest BCUT2D eigenvalue weighted by molar-refractivity contribution is 0.0969. The zero-order valence-corrected chi connectivity index (χ0v) is 30.3. The van der Waals surface area contributed by atoms with Crippen LogP contribution in [0.5, 0.6) is 5.75 Å². The maximum Gasteiger partial charge on any atom is 0.320 e. The first kappa shape index (κ1) is 35.5. The fourth-order valence-electron chi connectivity index (χ4n) is 6.73. The molecule has 1 aliphatic heterocycles. The van der Waals surface area contributed by atoms with Gasteiger partial charge in [0.05, 0.1) is 18.8 Å². The van der Waals surface area contributed by atoms with Crippen molar-refractivity contribution in [2.45, 2.75) is 96.6 Å². The third-order valence-corrected chi connectivity index (χ3v) is 9.48. The number of ether oxygens (including phenoxy) is 2. The first-order valence-corrected chi connectivity index (χ1v) is 17.9. The minimum absolute atomic E-state index is 0.0176. The highest BCUT2D eigenvalue weighted by atomic mass is 16.5. The van der Waals surface area contributed by atoms with Crippen LogP contribution in [0.2, 0.25) is 0 Å². The number of hydrogen-bond donors (Lipinski definition) is 2. The molecule has 0 radical (unpaired) electrons. The third-order valence-electron chi connectivity index (χ3n) is 9.48. The predicted molar refractivity (Wildman–Crippen MR) is 194 cm³/mol. The first-order valence-electron chi connectivity index (χ1n) is 17.9. The van der Waals surface area contributed by atoms with Crippen molar-refractivity contribution in [3.63, 3.8) is 0 Å². The van der Waals surface area contributed by atoms with Crippen molar-refractivity contribution in [3.8, 4) is 5.75 Å². The number of anilines is 1. The lowest BCUT2D eigenvalue weighted by atomic mass is 9.85. The van der Waals surface area contributed by atoms with Gasteiger partial charge in [-0.15, -0.1) is 10.2 Å². The monoisotopic (exact) mass is 681 g/mol. The molecule has 4 aromatic rings. The molecule has 1 saturated heterocycles. The second-order valence-corrected chi connectivity index (χ2v) is 15.5. The molecule has 6 rings (SSSR count). The smallest absolute Gasteiger partial charge is 0.320 e. The highest BCUT2D eigenvalue weighted by molar-refractivity contribution is 5.96. The molecule has 0 spiro atoms. The van der Waals surface area contributed by atoms with Crippen molar-refractivity contribution >= 4 is 23.3 Å². The van der Waals surface area contributed by atoms with E-state index in [0.29, 0.717) is 24.4 Å². The molecule has 0 saturated carbocycles. The number of carbonyl (C=O) groups is 2. The van der Waals surface area contributed by atoms with Gasteiger partial charge in [-0.1, -0.05) is 65.8 Å². The molecule has 50 heavy (non-hydrogen) atoms. The quantitative estimate of drug-likeness (QED) is 0.178. The van der Waals surface area contributed by atoms with Crippen molar-refractivity contribution in [1.82, 2.24) is 29.8 Å². The van der Waals surface area contributed by atoms with Gasteiger partial charge < -0.3 is 19.7 Å². The number of ketones is 1. The molecule has 3 aromatic heterocycles. The van der Waals surface area contributed by atoms with Crippen LogP contribution < -0.4 is 15.4 Å². The van der Waals surface area contributed by atoms with E-state index >= 15 is 0 Å². The fraction of sp³-hybridized carbons (Fsp3) is 0.513. The van der Waals surface area contributed by atoms with E-state index in [1.54, 1.807) is 0 Å². The van der Waals surface area contributed by atoms with Gasteiger partial charge in [-0.3, -0.25) is 14.5 Å². The van der Waals surface area contributed by atoms with Crippen LogP contribution in [-0.4, -0.2) is 69.1 Å². The Labute approximate surface area is 295 Å². The summed E-state index contributed by atoms with van der Waals surface area (Å²) >= 11 is 0. The van der Waals surface area contributed by atoms with E-state index in [0.717, 1.165) is 86.0 Å². The molecule has 11 heteroatoms. The summed E-state index contributed by atoms with van der Waals surface area (Å²) in [5.41, 5.74) is 3.76. The van der Waals surface area contributed by atoms with Gasteiger partial charge >= 0.3 is 6.03 Å². The fourth-order valence-corrected chi connectivity index (χ4v) is 6.73. The molecule has 0 unspecified atom stereocenters. The van der Waals surface area contributed by atoms with Gasteiger partial charge in [0, 0.05) is 31.5 Å². The van der Waals surface area contributed by atoms with Gasteiger partial charge in [-0.2, -0.15) is 0 Å². The Kier molecular flexibility index (Phi) is 10.5. The Morgan fingerprint density at radius 3 is 2.52 bits per heavy atom. The summed E-state index contributed by atoms with van der Waals surface area (Å²) in [6, 6.07) is 15.1. The van der Waals surface area contributed by atoms with Crippen molar-refractivity contribution in [2.24, 2.45) is 0 Å². The Hall–Kier alpha value is -4.35. The normalized spacial score (nSPS) is 18.7. The van der Waals surface area contributed by atoms with Crippen LogP contribution in [0.4, 0.5) is 10.6 Å². The summed E-state index contributed by atoms with van der Waals surface area (Å²) in [5.74, 6) is 1.96. The summed E-state index contributed by atoms with van der Waals surface area (Å²) in [5, 5.41) is 14.8. The molecule has 0 bridgehead atoms. The lowest BCUT2D eigenvalue weighted by Crippen LogP contribution is -2.36. The molecule has 4 heterocycles. The molecule has 266 valence electrons. The summed E-state index contributed by atoms with van der Waals surface area (Å²) in [6.07, 6.45) is 5.36. The number of nitrogens with zero attached hydrogens (tertiary/aromatic N) is 5. The van der Waals surface area contributed by atoms with Crippen LogP contribution in [0.3, 0.4) is 0 Å². The van der Waals surface area contributed by atoms with Crippen LogP contribution in [0.1, 0.15) is 119 Å². The number of hydrogen-bond acceptors (Lipinski definition) is 8. The number of benzene rings is 1. The van der Waals surface area contributed by atoms with Crippen molar-refractivity contribution < 1.29 is 19.1 Å². The Morgan fingerprint density at radius 1 is 0.940 bits per heavy atom. The molecule has 1 aliphatic carbocycles. The predicted octanol–water partition coefficient (Wildman–Crippen LogP) is 7.18. The lowest BCUT2D eigenvalue weighted by Gasteiger charge is -2.32. The maximum atomic E-state index is 13.5. The van der Waals surface area contributed by atoms with Crippen molar-refractivity contribution in [2.75, 3.05) is 38.2 Å². The average molecular weight is 682 g/mol. The number of Topliss-reactive ketones (excluding diaryl/α,β-unsaturated/α-hetero) is 1. The van der Waals surface area contributed by atoms with Gasteiger partial charge in [-0.05, 0) is 78.6 Å². The number of carbonyl (C=O) groups excluding carboxylic acids is 2. The molecule has 11 nitrogen and oxygen atoms in total.